The Labute approximate surface area is 93.4 Å². The van der Waals surface area contributed by atoms with Crippen LogP contribution in [-0.2, 0) is 0 Å². The van der Waals surface area contributed by atoms with E-state index in [1.54, 1.807) is 0 Å². The molecule has 1 fully saturated rings. The first-order chi connectivity index (χ1) is 7.41. The van der Waals surface area contributed by atoms with Gasteiger partial charge >= 0.3 is 6.18 Å². The highest BCUT2D eigenvalue weighted by Crippen LogP contribution is 2.49. The number of nitrogens with two attached hydrogens (primary N) is 1. The molecule has 0 aromatic carbocycles. The molecule has 0 unspecified atom stereocenters. The van der Waals surface area contributed by atoms with Crippen LogP contribution in [0.3, 0.4) is 0 Å². The molecule has 0 radical (unpaired) electrons. The van der Waals surface area contributed by atoms with Gasteiger partial charge in [-0.1, -0.05) is 0 Å². The fourth-order valence-electron chi connectivity index (χ4n) is 2.05. The molecule has 0 bridgehead atoms. The zero-order valence-corrected chi connectivity index (χ0v) is 9.26. The second-order valence-corrected chi connectivity index (χ2v) is 4.59. The maximum atomic E-state index is 12.3. The molecule has 0 aliphatic heterocycles. The molecular weight excluding hydrogens is 221 g/mol. The Hall–Kier alpha value is -0.330. The van der Waals surface area contributed by atoms with Crippen LogP contribution >= 0.6 is 0 Å². The van der Waals surface area contributed by atoms with E-state index in [1.165, 1.54) is 4.90 Å². The van der Waals surface area contributed by atoms with Crippen molar-refractivity contribution in [3.63, 3.8) is 0 Å². The Kier molecular flexibility index (Phi) is 4.58. The summed E-state index contributed by atoms with van der Waals surface area (Å²) in [5.74, 6) is 0. The molecule has 96 valence electrons. The standard InChI is InChI=1S/C10H19F3N2O/c11-10(12,13)8-15(5-6-16)7-9(1-2-9)3-4-14/h16H,1-8,14H2. The van der Waals surface area contributed by atoms with Crippen LogP contribution in [0.5, 0.6) is 0 Å². The Morgan fingerprint density at radius 2 is 1.94 bits per heavy atom. The summed E-state index contributed by atoms with van der Waals surface area (Å²) >= 11 is 0. The molecular formula is C10H19F3N2O. The number of alkyl halides is 3. The SMILES string of the molecule is NCCC1(CN(CCO)CC(F)(F)F)CC1. The summed E-state index contributed by atoms with van der Waals surface area (Å²) in [6.07, 6.45) is -1.53. The third-order valence-electron chi connectivity index (χ3n) is 3.01. The first-order valence-corrected chi connectivity index (χ1v) is 5.51. The van der Waals surface area contributed by atoms with E-state index >= 15 is 0 Å². The van der Waals surface area contributed by atoms with Crippen molar-refractivity contribution in [3.8, 4) is 0 Å². The lowest BCUT2D eigenvalue weighted by molar-refractivity contribution is -0.148. The van der Waals surface area contributed by atoms with Crippen molar-refractivity contribution in [1.82, 2.24) is 4.90 Å². The maximum Gasteiger partial charge on any atom is 0.401 e. The Balaban J connectivity index is 2.44. The average molecular weight is 240 g/mol. The highest BCUT2D eigenvalue weighted by molar-refractivity contribution is 4.95. The Bertz CT molecular complexity index is 217. The first kappa shape index (κ1) is 13.7. The molecule has 0 atom stereocenters. The van der Waals surface area contributed by atoms with Gasteiger partial charge in [0.2, 0.25) is 0 Å². The number of rotatable bonds is 7. The molecule has 1 aliphatic carbocycles. The summed E-state index contributed by atoms with van der Waals surface area (Å²) in [5, 5.41) is 8.75. The zero-order chi connectivity index (χ0) is 12.2. The molecule has 6 heteroatoms. The number of hydrogen-bond acceptors (Lipinski definition) is 3. The molecule has 16 heavy (non-hydrogen) atoms. The number of aliphatic hydroxyl groups excluding tert-OH is 1. The van der Waals surface area contributed by atoms with E-state index in [4.69, 9.17) is 10.8 Å². The molecule has 0 aromatic rings. The average Bonchev–Trinajstić information content (AvgIpc) is 2.82. The summed E-state index contributed by atoms with van der Waals surface area (Å²) in [6, 6.07) is 0. The van der Waals surface area contributed by atoms with Crippen molar-refractivity contribution >= 4 is 0 Å². The van der Waals surface area contributed by atoms with Gasteiger partial charge in [-0.3, -0.25) is 4.90 Å². The number of aliphatic hydroxyl groups is 1. The normalized spacial score (nSPS) is 19.1. The van der Waals surface area contributed by atoms with Gasteiger partial charge in [0.1, 0.15) is 0 Å². The van der Waals surface area contributed by atoms with Crippen molar-refractivity contribution in [1.29, 1.82) is 0 Å². The van der Waals surface area contributed by atoms with Gasteiger partial charge in [-0.05, 0) is 31.2 Å². The van der Waals surface area contributed by atoms with Gasteiger partial charge < -0.3 is 10.8 Å². The van der Waals surface area contributed by atoms with Crippen molar-refractivity contribution in [2.45, 2.75) is 25.4 Å². The van der Waals surface area contributed by atoms with E-state index in [0.29, 0.717) is 13.1 Å². The molecule has 0 heterocycles. The topological polar surface area (TPSA) is 49.5 Å². The van der Waals surface area contributed by atoms with Crippen LogP contribution < -0.4 is 5.73 Å². The lowest BCUT2D eigenvalue weighted by Gasteiger charge is -2.27. The summed E-state index contributed by atoms with van der Waals surface area (Å²) < 4.78 is 36.8. The minimum absolute atomic E-state index is 0.0187. The summed E-state index contributed by atoms with van der Waals surface area (Å²) in [4.78, 5) is 1.28. The maximum absolute atomic E-state index is 12.3. The van der Waals surface area contributed by atoms with Crippen molar-refractivity contribution in [2.75, 3.05) is 32.8 Å². The predicted octanol–water partition coefficient (Wildman–Crippen LogP) is 0.972. The zero-order valence-electron chi connectivity index (χ0n) is 9.26. The lowest BCUT2D eigenvalue weighted by Crippen LogP contribution is -2.40. The Morgan fingerprint density at radius 1 is 1.31 bits per heavy atom. The van der Waals surface area contributed by atoms with Crippen LogP contribution in [0.4, 0.5) is 13.2 Å². The summed E-state index contributed by atoms with van der Waals surface area (Å²) in [7, 11) is 0. The van der Waals surface area contributed by atoms with E-state index in [2.05, 4.69) is 0 Å². The van der Waals surface area contributed by atoms with Crippen LogP contribution in [0, 0.1) is 5.41 Å². The summed E-state index contributed by atoms with van der Waals surface area (Å²) in [5.41, 5.74) is 5.42. The molecule has 1 rings (SSSR count). The van der Waals surface area contributed by atoms with Crippen LogP contribution in [0.25, 0.3) is 0 Å². The lowest BCUT2D eigenvalue weighted by atomic mass is 10.0. The molecule has 3 N–H and O–H groups in total. The van der Waals surface area contributed by atoms with Crippen LogP contribution in [0.2, 0.25) is 0 Å². The molecule has 0 saturated heterocycles. The second-order valence-electron chi connectivity index (χ2n) is 4.59. The fraction of sp³-hybridized carbons (Fsp3) is 1.00. The minimum atomic E-state index is -4.20. The smallest absolute Gasteiger partial charge is 0.395 e. The molecule has 1 saturated carbocycles. The van der Waals surface area contributed by atoms with Crippen LogP contribution in [0.1, 0.15) is 19.3 Å². The van der Waals surface area contributed by atoms with Gasteiger partial charge in [-0.2, -0.15) is 13.2 Å². The minimum Gasteiger partial charge on any atom is -0.395 e. The van der Waals surface area contributed by atoms with Gasteiger partial charge in [-0.15, -0.1) is 0 Å². The van der Waals surface area contributed by atoms with Crippen molar-refractivity contribution in [3.05, 3.63) is 0 Å². The van der Waals surface area contributed by atoms with E-state index < -0.39 is 12.7 Å². The fourth-order valence-corrected chi connectivity index (χ4v) is 2.05. The summed E-state index contributed by atoms with van der Waals surface area (Å²) in [6.45, 7) is -0.205. The number of nitrogens with zero attached hydrogens (tertiary/aromatic N) is 1. The van der Waals surface area contributed by atoms with Crippen molar-refractivity contribution in [2.24, 2.45) is 11.1 Å². The molecule has 0 spiro atoms. The van der Waals surface area contributed by atoms with Gasteiger partial charge in [0.05, 0.1) is 13.2 Å². The molecule has 1 aliphatic rings. The monoisotopic (exact) mass is 240 g/mol. The highest BCUT2D eigenvalue weighted by Gasteiger charge is 2.44. The van der Waals surface area contributed by atoms with Gasteiger partial charge in [0, 0.05) is 13.1 Å². The van der Waals surface area contributed by atoms with Crippen LogP contribution in [-0.4, -0.2) is 49.0 Å². The second kappa shape index (κ2) is 5.33. The largest absolute Gasteiger partial charge is 0.401 e. The highest BCUT2D eigenvalue weighted by atomic mass is 19.4. The van der Waals surface area contributed by atoms with Gasteiger partial charge in [-0.25, -0.2) is 0 Å². The molecule has 3 nitrogen and oxygen atoms in total. The number of hydrogen-bond donors (Lipinski definition) is 2. The van der Waals surface area contributed by atoms with Gasteiger partial charge in [0.15, 0.2) is 0 Å². The van der Waals surface area contributed by atoms with Gasteiger partial charge in [0.25, 0.3) is 0 Å². The van der Waals surface area contributed by atoms with Crippen molar-refractivity contribution < 1.29 is 18.3 Å². The quantitative estimate of drug-likeness (QED) is 0.697. The van der Waals surface area contributed by atoms with E-state index in [9.17, 15) is 13.2 Å². The van der Waals surface area contributed by atoms with Crippen LogP contribution in [0.15, 0.2) is 0 Å². The molecule has 0 aromatic heterocycles. The molecule has 0 amide bonds. The van der Waals surface area contributed by atoms with E-state index in [0.717, 1.165) is 19.3 Å². The first-order valence-electron chi connectivity index (χ1n) is 5.51. The Morgan fingerprint density at radius 3 is 2.31 bits per heavy atom. The number of halogens is 3. The van der Waals surface area contributed by atoms with E-state index in [-0.39, 0.29) is 18.6 Å². The predicted molar refractivity (Wildman–Crippen MR) is 54.9 cm³/mol. The third kappa shape index (κ3) is 4.67. The third-order valence-corrected chi connectivity index (χ3v) is 3.01. The van der Waals surface area contributed by atoms with E-state index in [1.807, 2.05) is 0 Å².